The average molecular weight is 238 g/mol. The molecule has 1 unspecified atom stereocenters. The summed E-state index contributed by atoms with van der Waals surface area (Å²) in [6.45, 7) is -0.331. The predicted octanol–water partition coefficient (Wildman–Crippen LogP) is -2.05. The second-order valence-electron chi connectivity index (χ2n) is 3.08. The summed E-state index contributed by atoms with van der Waals surface area (Å²) in [4.78, 5) is 21.4. The fourth-order valence-corrected chi connectivity index (χ4v) is 1.51. The lowest BCUT2D eigenvalue weighted by atomic mass is 10.2. The van der Waals surface area contributed by atoms with Gasteiger partial charge in [-0.3, -0.25) is 4.79 Å². The number of rotatable bonds is 6. The maximum atomic E-state index is 10.8. The van der Waals surface area contributed by atoms with Gasteiger partial charge >= 0.3 is 5.97 Å². The largest absolute Gasteiger partial charge is 0.480 e. The van der Waals surface area contributed by atoms with Crippen molar-refractivity contribution in [2.24, 2.45) is 5.73 Å². The molecule has 0 aromatic carbocycles. The number of carbonyl (C=O) groups is 2. The Bertz CT molecular complexity index is 337. The van der Waals surface area contributed by atoms with E-state index in [-0.39, 0.29) is 18.7 Å². The van der Waals surface area contributed by atoms with E-state index in [0.29, 0.717) is 0 Å². The van der Waals surface area contributed by atoms with Crippen LogP contribution >= 0.6 is 0 Å². The number of amides is 1. The number of carboxylic acids is 1. The van der Waals surface area contributed by atoms with Gasteiger partial charge in [0, 0.05) is 6.26 Å². The first-order valence-corrected chi connectivity index (χ1v) is 6.22. The van der Waals surface area contributed by atoms with Crippen LogP contribution in [-0.4, -0.2) is 50.0 Å². The van der Waals surface area contributed by atoms with Crippen LogP contribution < -0.4 is 11.1 Å². The Labute approximate surface area is 87.6 Å². The van der Waals surface area contributed by atoms with Crippen molar-refractivity contribution >= 4 is 21.7 Å². The highest BCUT2D eigenvalue weighted by molar-refractivity contribution is 7.90. The number of aliphatic carboxylic acids is 1. The number of nitrogens with one attached hydrogen (secondary N) is 1. The second kappa shape index (κ2) is 5.66. The van der Waals surface area contributed by atoms with Crippen LogP contribution in [0.4, 0.5) is 0 Å². The Hall–Kier alpha value is -1.15. The monoisotopic (exact) mass is 238 g/mol. The quantitative estimate of drug-likeness (QED) is 0.489. The first kappa shape index (κ1) is 13.8. The molecule has 0 spiro atoms. The minimum atomic E-state index is -3.24. The summed E-state index contributed by atoms with van der Waals surface area (Å²) in [5.74, 6) is -2.20. The third-order valence-corrected chi connectivity index (χ3v) is 2.57. The van der Waals surface area contributed by atoms with Crippen LogP contribution in [0, 0.1) is 0 Å². The van der Waals surface area contributed by atoms with E-state index in [4.69, 9.17) is 10.8 Å². The molecular formula is C7H14N2O5S. The summed E-state index contributed by atoms with van der Waals surface area (Å²) < 4.78 is 21.6. The topological polar surface area (TPSA) is 127 Å². The van der Waals surface area contributed by atoms with Gasteiger partial charge in [0.05, 0.1) is 12.3 Å². The van der Waals surface area contributed by atoms with E-state index in [0.717, 1.165) is 6.26 Å². The van der Waals surface area contributed by atoms with E-state index in [1.54, 1.807) is 0 Å². The van der Waals surface area contributed by atoms with Crippen molar-refractivity contribution in [2.75, 3.05) is 18.6 Å². The minimum absolute atomic E-state index is 0.167. The number of sulfone groups is 1. The lowest BCUT2D eigenvalue weighted by molar-refractivity contribution is -0.141. The molecule has 1 atom stereocenters. The molecule has 15 heavy (non-hydrogen) atoms. The number of carboxylic acid groups (broad SMARTS) is 1. The van der Waals surface area contributed by atoms with E-state index >= 15 is 0 Å². The first-order chi connectivity index (χ1) is 6.76. The molecule has 0 aliphatic rings. The maximum Gasteiger partial charge on any atom is 0.326 e. The molecule has 0 saturated heterocycles. The molecule has 0 aromatic heterocycles. The van der Waals surface area contributed by atoms with Crippen molar-refractivity contribution in [1.29, 1.82) is 0 Å². The summed E-state index contributed by atoms with van der Waals surface area (Å²) in [5.41, 5.74) is 4.98. The Kier molecular flexibility index (Phi) is 5.23. The first-order valence-electron chi connectivity index (χ1n) is 4.16. The fraction of sp³-hybridized carbons (Fsp3) is 0.714. The summed E-state index contributed by atoms with van der Waals surface area (Å²) in [6, 6.07) is -1.21. The van der Waals surface area contributed by atoms with Crippen molar-refractivity contribution in [3.8, 4) is 0 Å². The van der Waals surface area contributed by atoms with Gasteiger partial charge in [0.1, 0.15) is 15.9 Å². The van der Waals surface area contributed by atoms with Gasteiger partial charge in [-0.2, -0.15) is 0 Å². The van der Waals surface area contributed by atoms with Gasteiger partial charge in [-0.25, -0.2) is 13.2 Å². The zero-order chi connectivity index (χ0) is 12.1. The molecule has 1 amide bonds. The van der Waals surface area contributed by atoms with E-state index in [9.17, 15) is 18.0 Å². The smallest absolute Gasteiger partial charge is 0.326 e. The molecule has 0 aliphatic carbocycles. The van der Waals surface area contributed by atoms with Crippen molar-refractivity contribution in [2.45, 2.75) is 12.5 Å². The van der Waals surface area contributed by atoms with E-state index < -0.39 is 27.8 Å². The molecule has 0 bridgehead atoms. The molecule has 7 nitrogen and oxygen atoms in total. The molecule has 0 aliphatic heterocycles. The van der Waals surface area contributed by atoms with Crippen molar-refractivity contribution in [3.63, 3.8) is 0 Å². The van der Waals surface area contributed by atoms with Crippen molar-refractivity contribution in [3.05, 3.63) is 0 Å². The number of carbonyl (C=O) groups excluding carboxylic acids is 1. The Balaban J connectivity index is 4.30. The van der Waals surface area contributed by atoms with E-state index in [1.165, 1.54) is 0 Å². The van der Waals surface area contributed by atoms with Crippen LogP contribution in [0.1, 0.15) is 6.42 Å². The maximum absolute atomic E-state index is 10.8. The molecule has 4 N–H and O–H groups in total. The highest BCUT2D eigenvalue weighted by atomic mass is 32.2. The van der Waals surface area contributed by atoms with Gasteiger partial charge in [0.25, 0.3) is 0 Å². The van der Waals surface area contributed by atoms with E-state index in [2.05, 4.69) is 5.32 Å². The van der Waals surface area contributed by atoms with Gasteiger partial charge < -0.3 is 16.2 Å². The summed E-state index contributed by atoms with van der Waals surface area (Å²) >= 11 is 0. The zero-order valence-electron chi connectivity index (χ0n) is 8.26. The fourth-order valence-electron chi connectivity index (χ4n) is 0.843. The third-order valence-electron chi connectivity index (χ3n) is 1.60. The number of nitrogens with two attached hydrogens (primary N) is 1. The van der Waals surface area contributed by atoms with Crippen LogP contribution in [0.2, 0.25) is 0 Å². The molecular weight excluding hydrogens is 224 g/mol. The molecule has 0 aromatic rings. The number of hydrogen-bond donors (Lipinski definition) is 3. The molecule has 0 heterocycles. The lowest BCUT2D eigenvalue weighted by Crippen LogP contribution is -2.44. The minimum Gasteiger partial charge on any atom is -0.480 e. The highest BCUT2D eigenvalue weighted by Gasteiger charge is 2.20. The van der Waals surface area contributed by atoms with Crippen LogP contribution in [0.25, 0.3) is 0 Å². The highest BCUT2D eigenvalue weighted by Crippen LogP contribution is 1.96. The zero-order valence-corrected chi connectivity index (χ0v) is 9.08. The van der Waals surface area contributed by atoms with Crippen molar-refractivity contribution in [1.82, 2.24) is 5.32 Å². The second-order valence-corrected chi connectivity index (χ2v) is 5.34. The molecule has 0 saturated carbocycles. The standard InChI is InChI=1S/C7H14N2O5S/c1-15(13,14)3-2-5(7(11)12)9-6(10)4-8/h5H,2-4,8H2,1H3,(H,9,10)(H,11,12). The molecule has 0 fully saturated rings. The molecule has 88 valence electrons. The Morgan fingerprint density at radius 1 is 1.47 bits per heavy atom. The predicted molar refractivity (Wildman–Crippen MR) is 52.9 cm³/mol. The molecule has 0 rings (SSSR count). The Morgan fingerprint density at radius 2 is 2.00 bits per heavy atom. The van der Waals surface area contributed by atoms with Gasteiger partial charge in [-0.15, -0.1) is 0 Å². The lowest BCUT2D eigenvalue weighted by Gasteiger charge is -2.12. The number of hydrogen-bond acceptors (Lipinski definition) is 5. The van der Waals surface area contributed by atoms with Crippen LogP contribution in [-0.2, 0) is 19.4 Å². The van der Waals surface area contributed by atoms with Gasteiger partial charge in [0.2, 0.25) is 5.91 Å². The van der Waals surface area contributed by atoms with Gasteiger partial charge in [-0.05, 0) is 6.42 Å². The normalized spacial score (nSPS) is 13.2. The van der Waals surface area contributed by atoms with Crippen molar-refractivity contribution < 1.29 is 23.1 Å². The Morgan fingerprint density at radius 3 is 2.33 bits per heavy atom. The SMILES string of the molecule is CS(=O)(=O)CCC(NC(=O)CN)C(=O)O. The van der Waals surface area contributed by atoms with Gasteiger partial charge in [0.15, 0.2) is 0 Å². The van der Waals surface area contributed by atoms with E-state index in [1.807, 2.05) is 0 Å². The third kappa shape index (κ3) is 6.86. The average Bonchev–Trinajstić information content (AvgIpc) is 2.09. The molecule has 8 heteroatoms. The molecule has 0 radical (unpaired) electrons. The van der Waals surface area contributed by atoms with Crippen LogP contribution in [0.3, 0.4) is 0 Å². The van der Waals surface area contributed by atoms with Crippen LogP contribution in [0.5, 0.6) is 0 Å². The van der Waals surface area contributed by atoms with Crippen LogP contribution in [0.15, 0.2) is 0 Å². The summed E-state index contributed by atoms with van der Waals surface area (Å²) in [7, 11) is -3.24. The summed E-state index contributed by atoms with van der Waals surface area (Å²) in [6.07, 6.45) is 0.830. The van der Waals surface area contributed by atoms with Gasteiger partial charge in [-0.1, -0.05) is 0 Å². The summed E-state index contributed by atoms with van der Waals surface area (Å²) in [5, 5.41) is 10.8.